The second-order valence-corrected chi connectivity index (χ2v) is 9.90. The smallest absolute Gasteiger partial charge is 0.258 e. The van der Waals surface area contributed by atoms with E-state index in [1.165, 1.54) is 16.4 Å². The molecule has 1 saturated heterocycles. The topological polar surface area (TPSA) is 66.9 Å². The molecule has 0 aromatic heterocycles. The van der Waals surface area contributed by atoms with Gasteiger partial charge in [0.2, 0.25) is 10.0 Å². The largest absolute Gasteiger partial charge is 0.373 e. The number of carbonyl (C=O) groups is 1. The number of carbonyl (C=O) groups excluding carboxylic acids is 1. The number of hydrogen-bond donors (Lipinski definition) is 0. The number of nitrogens with zero attached hydrogens (tertiary/aromatic N) is 2. The lowest BCUT2D eigenvalue weighted by molar-refractivity contribution is -0.0440. The second kappa shape index (κ2) is 7.55. The maximum atomic E-state index is 13.1. The van der Waals surface area contributed by atoms with Gasteiger partial charge in [-0.3, -0.25) is 4.79 Å². The van der Waals surface area contributed by atoms with Gasteiger partial charge < -0.3 is 9.64 Å². The summed E-state index contributed by atoms with van der Waals surface area (Å²) in [5.74, 6) is -0.111. The predicted molar refractivity (Wildman–Crippen MR) is 112 cm³/mol. The maximum Gasteiger partial charge on any atom is 0.258 e. The van der Waals surface area contributed by atoms with E-state index in [4.69, 9.17) is 4.74 Å². The maximum absolute atomic E-state index is 13.1. The molecule has 6 nitrogen and oxygen atoms in total. The van der Waals surface area contributed by atoms with Crippen LogP contribution in [0.5, 0.6) is 0 Å². The summed E-state index contributed by atoms with van der Waals surface area (Å²) in [5, 5.41) is 0. The van der Waals surface area contributed by atoms with E-state index in [1.54, 1.807) is 17.0 Å². The first-order valence-corrected chi connectivity index (χ1v) is 11.4. The highest BCUT2D eigenvalue weighted by atomic mass is 32.2. The summed E-state index contributed by atoms with van der Waals surface area (Å²) >= 11 is 0. The first-order valence-electron chi connectivity index (χ1n) is 9.94. The molecule has 2 heterocycles. The average Bonchev–Trinajstić information content (AvgIpc) is 3.02. The van der Waals surface area contributed by atoms with Crippen LogP contribution in [0.4, 0.5) is 5.69 Å². The molecule has 29 heavy (non-hydrogen) atoms. The zero-order valence-electron chi connectivity index (χ0n) is 16.9. The molecule has 154 valence electrons. The Morgan fingerprint density at radius 3 is 2.24 bits per heavy atom. The molecule has 0 saturated carbocycles. The Labute approximate surface area is 172 Å². The zero-order chi connectivity index (χ0) is 20.8. The highest BCUT2D eigenvalue weighted by Gasteiger charge is 2.33. The van der Waals surface area contributed by atoms with Crippen molar-refractivity contribution in [1.82, 2.24) is 4.31 Å². The van der Waals surface area contributed by atoms with Crippen LogP contribution >= 0.6 is 0 Å². The first-order chi connectivity index (χ1) is 13.8. The molecule has 2 aliphatic rings. The minimum Gasteiger partial charge on any atom is -0.373 e. The molecule has 1 amide bonds. The summed E-state index contributed by atoms with van der Waals surface area (Å²) < 4.78 is 33.1. The molecule has 4 rings (SSSR count). The highest BCUT2D eigenvalue weighted by molar-refractivity contribution is 7.89. The molecular weight excluding hydrogens is 388 g/mol. The van der Waals surface area contributed by atoms with E-state index >= 15 is 0 Å². The summed E-state index contributed by atoms with van der Waals surface area (Å²) in [4.78, 5) is 15.1. The van der Waals surface area contributed by atoms with Gasteiger partial charge in [-0.2, -0.15) is 4.31 Å². The van der Waals surface area contributed by atoms with E-state index in [9.17, 15) is 13.2 Å². The molecule has 0 bridgehead atoms. The van der Waals surface area contributed by atoms with Gasteiger partial charge in [0, 0.05) is 30.4 Å². The molecule has 0 spiro atoms. The Hall–Kier alpha value is -2.22. The fourth-order valence-corrected chi connectivity index (χ4v) is 5.85. The Kier molecular flexibility index (Phi) is 5.23. The quantitative estimate of drug-likeness (QED) is 0.774. The third kappa shape index (κ3) is 3.70. The Morgan fingerprint density at radius 2 is 1.59 bits per heavy atom. The van der Waals surface area contributed by atoms with Crippen molar-refractivity contribution in [3.63, 3.8) is 0 Å². The van der Waals surface area contributed by atoms with Gasteiger partial charge in [-0.15, -0.1) is 0 Å². The Morgan fingerprint density at radius 1 is 0.966 bits per heavy atom. The van der Waals surface area contributed by atoms with E-state index in [0.29, 0.717) is 18.7 Å². The van der Waals surface area contributed by atoms with E-state index in [-0.39, 0.29) is 29.1 Å². The molecule has 0 unspecified atom stereocenters. The van der Waals surface area contributed by atoms with Crippen LogP contribution in [0.15, 0.2) is 53.4 Å². The van der Waals surface area contributed by atoms with Crippen molar-refractivity contribution in [2.45, 2.75) is 50.3 Å². The average molecular weight is 415 g/mol. The third-order valence-electron chi connectivity index (χ3n) is 5.55. The fraction of sp³-hybridized carbons (Fsp3) is 0.409. The monoisotopic (exact) mass is 414 g/mol. The number of ether oxygens (including phenoxy) is 1. The van der Waals surface area contributed by atoms with Crippen LogP contribution in [0.25, 0.3) is 0 Å². The van der Waals surface area contributed by atoms with Crippen molar-refractivity contribution in [3.8, 4) is 0 Å². The lowest BCUT2D eigenvalue weighted by Crippen LogP contribution is -2.48. The van der Waals surface area contributed by atoms with Crippen LogP contribution in [-0.2, 0) is 21.2 Å². The Bertz CT molecular complexity index is 1010. The molecule has 2 aliphatic heterocycles. The molecule has 2 aromatic carbocycles. The van der Waals surface area contributed by atoms with Crippen LogP contribution < -0.4 is 4.90 Å². The SMILES string of the molecule is C[C@@H]1CN(S(=O)(=O)c2ccc(C(=O)N3c4ccccc4C[C@@H]3C)cc2)C[C@H](C)O1. The number of fused-ring (bicyclic) bond motifs is 1. The summed E-state index contributed by atoms with van der Waals surface area (Å²) in [5.41, 5.74) is 2.57. The van der Waals surface area contributed by atoms with Gasteiger partial charge in [-0.05, 0) is 63.1 Å². The van der Waals surface area contributed by atoms with Gasteiger partial charge in [0.25, 0.3) is 5.91 Å². The van der Waals surface area contributed by atoms with Gasteiger partial charge in [-0.1, -0.05) is 18.2 Å². The number of sulfonamides is 1. The normalized spacial score (nSPS) is 25.1. The highest BCUT2D eigenvalue weighted by Crippen LogP contribution is 2.33. The number of hydrogen-bond acceptors (Lipinski definition) is 4. The van der Waals surface area contributed by atoms with Gasteiger partial charge in [0.05, 0.1) is 17.1 Å². The van der Waals surface area contributed by atoms with Crippen LogP contribution in [-0.4, -0.2) is 50.0 Å². The van der Waals surface area contributed by atoms with Crippen molar-refractivity contribution in [3.05, 3.63) is 59.7 Å². The summed E-state index contributed by atoms with van der Waals surface area (Å²) in [7, 11) is -3.62. The minimum absolute atomic E-state index is 0.0691. The van der Waals surface area contributed by atoms with Crippen LogP contribution in [0.2, 0.25) is 0 Å². The standard InChI is InChI=1S/C22H26N2O4S/c1-15-12-19-6-4-5-7-21(19)24(15)22(25)18-8-10-20(11-9-18)29(26,27)23-13-16(2)28-17(3)14-23/h4-11,15-17H,12-14H2,1-3H3/t15-,16-,17+/m0/s1. The summed E-state index contributed by atoms with van der Waals surface area (Å²) in [6, 6.07) is 14.2. The fourth-order valence-electron chi connectivity index (χ4n) is 4.26. The molecule has 2 aromatic rings. The van der Waals surface area contributed by atoms with Gasteiger partial charge in [0.15, 0.2) is 0 Å². The van der Waals surface area contributed by atoms with Gasteiger partial charge in [-0.25, -0.2) is 8.42 Å². The lowest BCUT2D eigenvalue weighted by Gasteiger charge is -2.34. The van der Waals surface area contributed by atoms with Gasteiger partial charge in [0.1, 0.15) is 0 Å². The summed E-state index contributed by atoms with van der Waals surface area (Å²) in [6.45, 7) is 6.42. The molecule has 0 radical (unpaired) electrons. The Balaban J connectivity index is 1.57. The van der Waals surface area contributed by atoms with Crippen molar-refractivity contribution < 1.29 is 17.9 Å². The van der Waals surface area contributed by atoms with Crippen molar-refractivity contribution in [2.24, 2.45) is 0 Å². The zero-order valence-corrected chi connectivity index (χ0v) is 17.7. The molecule has 7 heteroatoms. The number of amides is 1. The number of morpholine rings is 1. The van der Waals surface area contributed by atoms with Crippen LogP contribution in [0.3, 0.4) is 0 Å². The summed E-state index contributed by atoms with van der Waals surface area (Å²) in [6.07, 6.45) is 0.527. The minimum atomic E-state index is -3.62. The second-order valence-electron chi connectivity index (χ2n) is 7.96. The first kappa shape index (κ1) is 20.1. The molecule has 1 fully saturated rings. The number of anilines is 1. The number of benzene rings is 2. The van der Waals surface area contributed by atoms with E-state index in [0.717, 1.165) is 17.7 Å². The van der Waals surface area contributed by atoms with Crippen molar-refractivity contribution >= 4 is 21.6 Å². The lowest BCUT2D eigenvalue weighted by atomic mass is 10.1. The molecule has 0 aliphatic carbocycles. The molecule has 0 N–H and O–H groups in total. The third-order valence-corrected chi connectivity index (χ3v) is 7.40. The van der Waals surface area contributed by atoms with E-state index in [2.05, 4.69) is 0 Å². The van der Waals surface area contributed by atoms with E-state index < -0.39 is 10.0 Å². The van der Waals surface area contributed by atoms with Gasteiger partial charge >= 0.3 is 0 Å². The van der Waals surface area contributed by atoms with Crippen LogP contribution in [0, 0.1) is 0 Å². The van der Waals surface area contributed by atoms with Crippen molar-refractivity contribution in [2.75, 3.05) is 18.0 Å². The van der Waals surface area contributed by atoms with Crippen molar-refractivity contribution in [1.29, 1.82) is 0 Å². The van der Waals surface area contributed by atoms with Crippen LogP contribution in [0.1, 0.15) is 36.7 Å². The van der Waals surface area contributed by atoms with E-state index in [1.807, 2.05) is 45.0 Å². The molecule has 3 atom stereocenters. The number of para-hydroxylation sites is 1. The molecular formula is C22H26N2O4S. The predicted octanol–water partition coefficient (Wildman–Crippen LogP) is 3.08. The number of rotatable bonds is 3.